The Labute approximate surface area is 171 Å². The molecule has 0 spiro atoms. The van der Waals surface area contributed by atoms with Crippen LogP contribution in [0.3, 0.4) is 0 Å². The van der Waals surface area contributed by atoms with Crippen molar-refractivity contribution >= 4 is 5.91 Å². The van der Waals surface area contributed by atoms with Crippen LogP contribution in [0.4, 0.5) is 0 Å². The van der Waals surface area contributed by atoms with Crippen LogP contribution in [0.5, 0.6) is 5.88 Å². The number of amides is 1. The molecule has 1 aliphatic heterocycles. The van der Waals surface area contributed by atoms with Gasteiger partial charge in [0.15, 0.2) is 0 Å². The van der Waals surface area contributed by atoms with E-state index in [9.17, 15) is 4.79 Å². The maximum atomic E-state index is 13.1. The average molecular weight is 390 g/mol. The van der Waals surface area contributed by atoms with Crippen molar-refractivity contribution in [2.45, 2.75) is 19.8 Å². The minimum atomic E-state index is 0.0283. The lowest BCUT2D eigenvalue weighted by molar-refractivity contribution is 0.0620. The normalized spacial score (nSPS) is 16.6. The van der Waals surface area contributed by atoms with Crippen molar-refractivity contribution in [3.05, 3.63) is 66.0 Å². The highest BCUT2D eigenvalue weighted by Crippen LogP contribution is 2.23. The molecule has 1 atom stereocenters. The predicted octanol–water partition coefficient (Wildman–Crippen LogP) is 3.72. The molecule has 6 heteroatoms. The van der Waals surface area contributed by atoms with Gasteiger partial charge in [-0.15, -0.1) is 0 Å². The standard InChI is InChI=1S/C23H26N4O2/c1-17-8-6-12-22(24-17)29-16-18-9-7-13-27(15-18)23(28)21-14-20(25-26(21)2)19-10-4-3-5-11-19/h3-6,8,10-12,14,18H,7,9,13,15-16H2,1-2H3. The molecule has 0 radical (unpaired) electrons. The quantitative estimate of drug-likeness (QED) is 0.666. The van der Waals surface area contributed by atoms with Gasteiger partial charge in [0.25, 0.3) is 5.91 Å². The summed E-state index contributed by atoms with van der Waals surface area (Å²) in [6.07, 6.45) is 2.03. The second kappa shape index (κ2) is 8.47. The van der Waals surface area contributed by atoms with Crippen molar-refractivity contribution in [1.82, 2.24) is 19.7 Å². The molecular weight excluding hydrogens is 364 g/mol. The summed E-state index contributed by atoms with van der Waals surface area (Å²) >= 11 is 0. The van der Waals surface area contributed by atoms with Gasteiger partial charge in [-0.05, 0) is 31.9 Å². The van der Waals surface area contributed by atoms with E-state index in [2.05, 4.69) is 10.1 Å². The Kier molecular flexibility index (Phi) is 5.60. The number of pyridine rings is 1. The fourth-order valence-corrected chi connectivity index (χ4v) is 3.77. The number of rotatable bonds is 5. The summed E-state index contributed by atoms with van der Waals surface area (Å²) in [6, 6.07) is 17.6. The monoisotopic (exact) mass is 390 g/mol. The van der Waals surface area contributed by atoms with Crippen molar-refractivity contribution in [1.29, 1.82) is 0 Å². The first-order valence-corrected chi connectivity index (χ1v) is 10.1. The van der Waals surface area contributed by atoms with Gasteiger partial charge < -0.3 is 9.64 Å². The van der Waals surface area contributed by atoms with E-state index in [1.807, 2.05) is 73.5 Å². The molecule has 1 amide bonds. The molecule has 4 rings (SSSR count). The summed E-state index contributed by atoms with van der Waals surface area (Å²) in [7, 11) is 1.83. The smallest absolute Gasteiger partial charge is 0.272 e. The Hall–Kier alpha value is -3.15. The Bertz CT molecular complexity index is 984. The van der Waals surface area contributed by atoms with Crippen LogP contribution in [0.2, 0.25) is 0 Å². The fourth-order valence-electron chi connectivity index (χ4n) is 3.77. The number of likely N-dealkylation sites (tertiary alicyclic amines) is 1. The first kappa shape index (κ1) is 19.2. The van der Waals surface area contributed by atoms with Gasteiger partial charge in [0.2, 0.25) is 5.88 Å². The first-order chi connectivity index (χ1) is 14.1. The second-order valence-electron chi connectivity index (χ2n) is 7.59. The lowest BCUT2D eigenvalue weighted by Gasteiger charge is -2.32. The molecule has 0 N–H and O–H groups in total. The molecule has 1 saturated heterocycles. The van der Waals surface area contributed by atoms with Gasteiger partial charge in [0.05, 0.1) is 12.3 Å². The van der Waals surface area contributed by atoms with Crippen molar-refractivity contribution in [3.8, 4) is 17.1 Å². The van der Waals surface area contributed by atoms with Gasteiger partial charge in [-0.1, -0.05) is 36.4 Å². The Morgan fingerprint density at radius 1 is 1.17 bits per heavy atom. The number of hydrogen-bond donors (Lipinski definition) is 0. The van der Waals surface area contributed by atoms with E-state index in [1.165, 1.54) is 0 Å². The lowest BCUT2D eigenvalue weighted by atomic mass is 9.98. The number of ether oxygens (including phenoxy) is 1. The van der Waals surface area contributed by atoms with E-state index < -0.39 is 0 Å². The van der Waals surface area contributed by atoms with Gasteiger partial charge >= 0.3 is 0 Å². The van der Waals surface area contributed by atoms with Crippen LogP contribution in [0, 0.1) is 12.8 Å². The predicted molar refractivity (Wildman–Crippen MR) is 112 cm³/mol. The van der Waals surface area contributed by atoms with Gasteiger partial charge in [0.1, 0.15) is 5.69 Å². The summed E-state index contributed by atoms with van der Waals surface area (Å²) < 4.78 is 7.56. The van der Waals surface area contributed by atoms with E-state index in [4.69, 9.17) is 4.74 Å². The summed E-state index contributed by atoms with van der Waals surface area (Å²) in [5.74, 6) is 0.977. The van der Waals surface area contributed by atoms with Gasteiger partial charge in [-0.2, -0.15) is 5.10 Å². The van der Waals surface area contributed by atoms with Crippen LogP contribution in [-0.4, -0.2) is 45.3 Å². The molecule has 0 bridgehead atoms. The number of nitrogens with zero attached hydrogens (tertiary/aromatic N) is 4. The number of benzene rings is 1. The SMILES string of the molecule is Cc1cccc(OCC2CCCN(C(=O)c3cc(-c4ccccc4)nn3C)C2)n1. The van der Waals surface area contributed by atoms with E-state index in [0.29, 0.717) is 30.6 Å². The molecule has 1 aromatic carbocycles. The average Bonchev–Trinajstić information content (AvgIpc) is 3.14. The molecule has 6 nitrogen and oxygen atoms in total. The van der Waals surface area contributed by atoms with Gasteiger partial charge in [-0.25, -0.2) is 4.98 Å². The third kappa shape index (κ3) is 4.47. The first-order valence-electron chi connectivity index (χ1n) is 10.1. The zero-order valence-corrected chi connectivity index (χ0v) is 16.9. The van der Waals surface area contributed by atoms with Crippen molar-refractivity contribution < 1.29 is 9.53 Å². The van der Waals surface area contributed by atoms with Crippen molar-refractivity contribution in [2.24, 2.45) is 13.0 Å². The minimum Gasteiger partial charge on any atom is -0.477 e. The van der Waals surface area contributed by atoms with Crippen LogP contribution in [-0.2, 0) is 7.05 Å². The number of carbonyl (C=O) groups is 1. The fraction of sp³-hybridized carbons (Fsp3) is 0.348. The van der Waals surface area contributed by atoms with Crippen LogP contribution in [0.15, 0.2) is 54.6 Å². The van der Waals surface area contributed by atoms with Crippen LogP contribution < -0.4 is 4.74 Å². The van der Waals surface area contributed by atoms with E-state index >= 15 is 0 Å². The van der Waals surface area contributed by atoms with Crippen LogP contribution >= 0.6 is 0 Å². The molecule has 1 unspecified atom stereocenters. The lowest BCUT2D eigenvalue weighted by Crippen LogP contribution is -2.42. The molecule has 1 aliphatic rings. The molecule has 0 aliphatic carbocycles. The molecule has 1 fully saturated rings. The topological polar surface area (TPSA) is 60.2 Å². The molecule has 3 aromatic rings. The highest BCUT2D eigenvalue weighted by atomic mass is 16.5. The largest absolute Gasteiger partial charge is 0.477 e. The Balaban J connectivity index is 1.42. The van der Waals surface area contributed by atoms with Gasteiger partial charge in [0, 0.05) is 43.4 Å². The third-order valence-corrected chi connectivity index (χ3v) is 5.30. The summed E-state index contributed by atoms with van der Waals surface area (Å²) in [5, 5.41) is 4.54. The van der Waals surface area contributed by atoms with E-state index in [1.54, 1.807) is 4.68 Å². The third-order valence-electron chi connectivity index (χ3n) is 5.30. The van der Waals surface area contributed by atoms with Gasteiger partial charge in [-0.3, -0.25) is 9.48 Å². The number of aryl methyl sites for hydroxylation is 2. The molecule has 3 heterocycles. The zero-order valence-electron chi connectivity index (χ0n) is 16.9. The summed E-state index contributed by atoms with van der Waals surface area (Å²) in [4.78, 5) is 19.5. The van der Waals surface area contributed by atoms with E-state index in [-0.39, 0.29) is 5.91 Å². The highest BCUT2D eigenvalue weighted by molar-refractivity contribution is 5.93. The van der Waals surface area contributed by atoms with E-state index in [0.717, 1.165) is 36.3 Å². The van der Waals surface area contributed by atoms with Crippen molar-refractivity contribution in [3.63, 3.8) is 0 Å². The van der Waals surface area contributed by atoms with Crippen molar-refractivity contribution in [2.75, 3.05) is 19.7 Å². The van der Waals surface area contributed by atoms with Crippen LogP contribution in [0.1, 0.15) is 29.0 Å². The molecule has 0 saturated carbocycles. The summed E-state index contributed by atoms with van der Waals surface area (Å²) in [5.41, 5.74) is 3.38. The second-order valence-corrected chi connectivity index (χ2v) is 7.59. The molecule has 2 aromatic heterocycles. The highest BCUT2D eigenvalue weighted by Gasteiger charge is 2.27. The molecular formula is C23H26N4O2. The number of carbonyl (C=O) groups excluding carboxylic acids is 1. The number of hydrogen-bond acceptors (Lipinski definition) is 4. The molecule has 29 heavy (non-hydrogen) atoms. The van der Waals surface area contributed by atoms with Crippen LogP contribution in [0.25, 0.3) is 11.3 Å². The zero-order chi connectivity index (χ0) is 20.2. The maximum absolute atomic E-state index is 13.1. The maximum Gasteiger partial charge on any atom is 0.272 e. The molecule has 150 valence electrons. The Morgan fingerprint density at radius 3 is 2.79 bits per heavy atom. The number of piperidine rings is 1. The minimum absolute atomic E-state index is 0.0283. The Morgan fingerprint density at radius 2 is 2.00 bits per heavy atom. The summed E-state index contributed by atoms with van der Waals surface area (Å²) in [6.45, 7) is 3.98. The number of aromatic nitrogens is 3.